The number of hydrogen-bond acceptors (Lipinski definition) is 4. The van der Waals surface area contributed by atoms with Crippen molar-refractivity contribution in [3.05, 3.63) is 164 Å². The molecule has 45 heavy (non-hydrogen) atoms. The fourth-order valence-electron chi connectivity index (χ4n) is 5.73. The summed E-state index contributed by atoms with van der Waals surface area (Å²) in [6.07, 6.45) is 3.66. The molecule has 8 aromatic rings. The van der Waals surface area contributed by atoms with Crippen LogP contribution in [-0.2, 0) is 0 Å². The monoisotopic (exact) mass is 577 g/mol. The van der Waals surface area contributed by atoms with E-state index in [0.717, 1.165) is 67.0 Å². The minimum Gasteiger partial charge on any atom is -0.454 e. The van der Waals surface area contributed by atoms with Crippen LogP contribution in [0.2, 0.25) is 0 Å². The highest BCUT2D eigenvalue weighted by molar-refractivity contribution is 5.91. The molecule has 4 nitrogen and oxygen atoms in total. The summed E-state index contributed by atoms with van der Waals surface area (Å²) in [7, 11) is 0. The van der Waals surface area contributed by atoms with Gasteiger partial charge in [0, 0.05) is 34.5 Å². The number of hydrogen-bond donors (Lipinski definition) is 0. The molecule has 0 atom stereocenters. The first-order valence-corrected chi connectivity index (χ1v) is 14.9. The van der Waals surface area contributed by atoms with Gasteiger partial charge in [0.15, 0.2) is 5.76 Å². The summed E-state index contributed by atoms with van der Waals surface area (Å²) in [5.41, 5.74) is 11.3. The number of benzene rings is 5. The van der Waals surface area contributed by atoms with Crippen LogP contribution in [0.25, 0.3) is 78.4 Å². The van der Waals surface area contributed by atoms with Gasteiger partial charge < -0.3 is 4.42 Å². The fraction of sp³-hybridized carbons (Fsp3) is 0. The standard InChI is InChI=1S/C41H27N3O/c1-4-11-28(12-5-1)33-22-23-36-35(25-33)26-37(45-36)41-40(32-20-18-29(19-21-32)34-17-10-24-42-27-34)43-38(30-13-6-2-7-14-30)39(44-41)31-15-8-3-9-16-31/h1-27H. The van der Waals surface area contributed by atoms with Crippen LogP contribution in [0.1, 0.15) is 0 Å². The second kappa shape index (κ2) is 11.5. The normalized spacial score (nSPS) is 11.1. The lowest BCUT2D eigenvalue weighted by Crippen LogP contribution is -2.00. The molecule has 0 fully saturated rings. The molecule has 212 valence electrons. The van der Waals surface area contributed by atoms with E-state index < -0.39 is 0 Å². The van der Waals surface area contributed by atoms with E-state index in [2.05, 4.69) is 102 Å². The van der Waals surface area contributed by atoms with E-state index in [1.165, 1.54) is 0 Å². The molecule has 0 aliphatic carbocycles. The first-order valence-electron chi connectivity index (χ1n) is 14.9. The first kappa shape index (κ1) is 26.5. The van der Waals surface area contributed by atoms with Gasteiger partial charge in [0.05, 0.1) is 11.4 Å². The molecule has 0 bridgehead atoms. The minimum absolute atomic E-state index is 0.672. The van der Waals surface area contributed by atoms with Gasteiger partial charge in [-0.05, 0) is 46.5 Å². The molecule has 0 amide bonds. The van der Waals surface area contributed by atoms with Crippen molar-refractivity contribution in [3.63, 3.8) is 0 Å². The van der Waals surface area contributed by atoms with Crippen LogP contribution in [0.3, 0.4) is 0 Å². The zero-order chi connectivity index (χ0) is 30.0. The smallest absolute Gasteiger partial charge is 0.156 e. The molecular formula is C41H27N3O. The lowest BCUT2D eigenvalue weighted by atomic mass is 9.99. The Kier molecular flexibility index (Phi) is 6.78. The maximum absolute atomic E-state index is 6.53. The molecule has 0 unspecified atom stereocenters. The van der Waals surface area contributed by atoms with Gasteiger partial charge in [-0.3, -0.25) is 4.98 Å². The molecule has 4 heteroatoms. The van der Waals surface area contributed by atoms with Crippen molar-refractivity contribution in [2.24, 2.45) is 0 Å². The summed E-state index contributed by atoms with van der Waals surface area (Å²) >= 11 is 0. The van der Waals surface area contributed by atoms with Crippen LogP contribution in [0.4, 0.5) is 0 Å². The second-order valence-corrected chi connectivity index (χ2v) is 10.9. The quantitative estimate of drug-likeness (QED) is 0.197. The third-order valence-electron chi connectivity index (χ3n) is 8.00. The summed E-state index contributed by atoms with van der Waals surface area (Å²) < 4.78 is 6.53. The Morgan fingerprint density at radius 2 is 0.867 bits per heavy atom. The summed E-state index contributed by atoms with van der Waals surface area (Å²) in [6, 6.07) is 51.7. The van der Waals surface area contributed by atoms with E-state index in [4.69, 9.17) is 14.4 Å². The van der Waals surface area contributed by atoms with Crippen molar-refractivity contribution in [3.8, 4) is 67.5 Å². The van der Waals surface area contributed by atoms with Crippen LogP contribution in [0.15, 0.2) is 168 Å². The maximum Gasteiger partial charge on any atom is 0.156 e. The van der Waals surface area contributed by atoms with E-state index in [9.17, 15) is 0 Å². The van der Waals surface area contributed by atoms with Crippen molar-refractivity contribution in [2.45, 2.75) is 0 Å². The summed E-state index contributed by atoms with van der Waals surface area (Å²) in [4.78, 5) is 15.0. The summed E-state index contributed by atoms with van der Waals surface area (Å²) in [5.74, 6) is 0.672. The topological polar surface area (TPSA) is 51.8 Å². The Morgan fingerprint density at radius 3 is 1.49 bits per heavy atom. The van der Waals surface area contributed by atoms with E-state index >= 15 is 0 Å². The van der Waals surface area contributed by atoms with Crippen LogP contribution in [0.5, 0.6) is 0 Å². The van der Waals surface area contributed by atoms with E-state index in [1.807, 2.05) is 60.8 Å². The molecule has 0 saturated carbocycles. The Morgan fingerprint density at radius 1 is 0.378 bits per heavy atom. The molecule has 3 aromatic heterocycles. The van der Waals surface area contributed by atoms with Crippen LogP contribution < -0.4 is 0 Å². The van der Waals surface area contributed by atoms with Gasteiger partial charge in [-0.25, -0.2) is 9.97 Å². The van der Waals surface area contributed by atoms with E-state index in [1.54, 1.807) is 6.20 Å². The van der Waals surface area contributed by atoms with Crippen molar-refractivity contribution >= 4 is 11.0 Å². The van der Waals surface area contributed by atoms with Gasteiger partial charge >= 0.3 is 0 Å². The number of furan rings is 1. The van der Waals surface area contributed by atoms with E-state index in [0.29, 0.717) is 11.5 Å². The van der Waals surface area contributed by atoms with E-state index in [-0.39, 0.29) is 0 Å². The Balaban J connectivity index is 1.34. The van der Waals surface area contributed by atoms with Gasteiger partial charge in [0.1, 0.15) is 17.0 Å². The largest absolute Gasteiger partial charge is 0.454 e. The Labute approximate surface area is 261 Å². The van der Waals surface area contributed by atoms with Crippen molar-refractivity contribution < 1.29 is 4.42 Å². The van der Waals surface area contributed by atoms with Gasteiger partial charge in [-0.2, -0.15) is 0 Å². The molecule has 3 heterocycles. The van der Waals surface area contributed by atoms with Crippen LogP contribution >= 0.6 is 0 Å². The molecule has 0 radical (unpaired) electrons. The zero-order valence-electron chi connectivity index (χ0n) is 24.3. The predicted octanol–water partition coefficient (Wildman–Crippen LogP) is 10.6. The van der Waals surface area contributed by atoms with Gasteiger partial charge in [0.2, 0.25) is 0 Å². The van der Waals surface area contributed by atoms with Crippen molar-refractivity contribution in [1.29, 1.82) is 0 Å². The number of rotatable bonds is 6. The SMILES string of the molecule is c1ccc(-c2ccc3oc(-c4nc(-c5ccccc5)c(-c5ccccc5)nc4-c4ccc(-c5cccnc5)cc4)cc3c2)cc1. The minimum atomic E-state index is 0.672. The van der Waals surface area contributed by atoms with Crippen molar-refractivity contribution in [1.82, 2.24) is 15.0 Å². The summed E-state index contributed by atoms with van der Waals surface area (Å²) in [6.45, 7) is 0. The number of aromatic nitrogens is 3. The van der Waals surface area contributed by atoms with Gasteiger partial charge in [-0.15, -0.1) is 0 Å². The first-order chi connectivity index (χ1) is 22.3. The number of pyridine rings is 1. The number of nitrogens with zero attached hydrogens (tertiary/aromatic N) is 3. The number of fused-ring (bicyclic) bond motifs is 1. The molecule has 0 N–H and O–H groups in total. The average Bonchev–Trinajstić information content (AvgIpc) is 3.56. The van der Waals surface area contributed by atoms with Crippen molar-refractivity contribution in [2.75, 3.05) is 0 Å². The molecule has 5 aromatic carbocycles. The summed E-state index contributed by atoms with van der Waals surface area (Å²) in [5, 5.41) is 1.01. The molecular weight excluding hydrogens is 550 g/mol. The molecule has 0 aliphatic rings. The average molecular weight is 578 g/mol. The molecule has 0 saturated heterocycles. The van der Waals surface area contributed by atoms with Gasteiger partial charge in [0.25, 0.3) is 0 Å². The second-order valence-electron chi connectivity index (χ2n) is 10.9. The Bertz CT molecular complexity index is 2230. The van der Waals surface area contributed by atoms with Gasteiger partial charge in [-0.1, -0.05) is 127 Å². The zero-order valence-corrected chi connectivity index (χ0v) is 24.3. The predicted molar refractivity (Wildman–Crippen MR) is 182 cm³/mol. The highest BCUT2D eigenvalue weighted by atomic mass is 16.3. The highest BCUT2D eigenvalue weighted by Crippen LogP contribution is 2.39. The highest BCUT2D eigenvalue weighted by Gasteiger charge is 2.22. The third-order valence-corrected chi connectivity index (χ3v) is 8.00. The lowest BCUT2D eigenvalue weighted by Gasteiger charge is -2.15. The molecule has 8 rings (SSSR count). The fourth-order valence-corrected chi connectivity index (χ4v) is 5.73. The lowest BCUT2D eigenvalue weighted by molar-refractivity contribution is 0.628. The molecule has 0 aliphatic heterocycles. The Hall–Kier alpha value is -6.13. The molecule has 0 spiro atoms. The van der Waals surface area contributed by atoms with Crippen LogP contribution in [-0.4, -0.2) is 15.0 Å². The van der Waals surface area contributed by atoms with Crippen LogP contribution in [0, 0.1) is 0 Å². The third kappa shape index (κ3) is 5.19. The maximum atomic E-state index is 6.53.